The van der Waals surface area contributed by atoms with Crippen LogP contribution in [-0.2, 0) is 13.1 Å². The molecule has 0 saturated carbocycles. The fourth-order valence-corrected chi connectivity index (χ4v) is 3.75. The summed E-state index contributed by atoms with van der Waals surface area (Å²) in [6, 6.07) is 14.5. The Morgan fingerprint density at radius 1 is 1.07 bits per heavy atom. The summed E-state index contributed by atoms with van der Waals surface area (Å²) in [4.78, 5) is 12.7. The van der Waals surface area contributed by atoms with Gasteiger partial charge in [-0.3, -0.25) is 14.2 Å². The van der Waals surface area contributed by atoms with Crippen LogP contribution in [-0.4, -0.2) is 25.5 Å². The van der Waals surface area contributed by atoms with Crippen molar-refractivity contribution >= 4 is 50.9 Å². The predicted molar refractivity (Wildman–Crippen MR) is 121 cm³/mol. The number of hydrogen-bond donors (Lipinski definition) is 1. The van der Waals surface area contributed by atoms with Crippen LogP contribution in [0, 0.1) is 0 Å². The molecule has 0 fully saturated rings. The average Bonchev–Trinajstić information content (AvgIpc) is 3.33. The fourth-order valence-electron chi connectivity index (χ4n) is 2.95. The Balaban J connectivity index is 1.42. The number of benzene rings is 2. The van der Waals surface area contributed by atoms with Gasteiger partial charge in [-0.05, 0) is 51.3 Å². The van der Waals surface area contributed by atoms with Gasteiger partial charge in [0.15, 0.2) is 5.82 Å². The highest BCUT2D eigenvalue weighted by Gasteiger charge is 2.10. The van der Waals surface area contributed by atoms with Gasteiger partial charge in [0.1, 0.15) is 0 Å². The quantitative estimate of drug-likeness (QED) is 0.377. The SMILES string of the molecule is O=C(Nc1ccn(Cc2ccc(Cl)cc2Cl)n1)c1cccc(Cn2cc(Br)cn2)c1. The lowest BCUT2D eigenvalue weighted by Gasteiger charge is -2.07. The molecule has 1 amide bonds. The Kier molecular flexibility index (Phi) is 6.22. The van der Waals surface area contributed by atoms with Gasteiger partial charge in [-0.2, -0.15) is 10.2 Å². The number of amides is 1. The van der Waals surface area contributed by atoms with Crippen molar-refractivity contribution in [3.05, 3.63) is 98.3 Å². The maximum Gasteiger partial charge on any atom is 0.256 e. The monoisotopic (exact) mass is 503 g/mol. The van der Waals surface area contributed by atoms with Gasteiger partial charge in [0.2, 0.25) is 0 Å². The van der Waals surface area contributed by atoms with E-state index < -0.39 is 0 Å². The Morgan fingerprint density at radius 2 is 1.93 bits per heavy atom. The van der Waals surface area contributed by atoms with Crippen LogP contribution in [0.3, 0.4) is 0 Å². The maximum absolute atomic E-state index is 12.7. The molecule has 0 aliphatic carbocycles. The van der Waals surface area contributed by atoms with E-state index in [-0.39, 0.29) is 5.91 Å². The minimum atomic E-state index is -0.228. The molecule has 1 N–H and O–H groups in total. The topological polar surface area (TPSA) is 64.7 Å². The first kappa shape index (κ1) is 20.7. The number of rotatable bonds is 6. The van der Waals surface area contributed by atoms with Crippen LogP contribution in [0.4, 0.5) is 5.82 Å². The van der Waals surface area contributed by atoms with Crippen LogP contribution in [0.25, 0.3) is 0 Å². The molecule has 6 nitrogen and oxygen atoms in total. The number of aromatic nitrogens is 4. The normalized spacial score (nSPS) is 10.9. The summed E-state index contributed by atoms with van der Waals surface area (Å²) >= 11 is 15.5. The van der Waals surface area contributed by atoms with Gasteiger partial charge in [-0.15, -0.1) is 0 Å². The van der Waals surface area contributed by atoms with Crippen LogP contribution in [0.1, 0.15) is 21.5 Å². The molecule has 4 aromatic rings. The van der Waals surface area contributed by atoms with Crippen molar-refractivity contribution in [2.45, 2.75) is 13.1 Å². The first-order valence-electron chi connectivity index (χ1n) is 9.02. The number of carbonyl (C=O) groups is 1. The van der Waals surface area contributed by atoms with Crippen LogP contribution in [0.2, 0.25) is 10.0 Å². The Morgan fingerprint density at radius 3 is 2.70 bits per heavy atom. The van der Waals surface area contributed by atoms with Crippen LogP contribution in [0.15, 0.2) is 71.6 Å². The molecule has 152 valence electrons. The van der Waals surface area contributed by atoms with Gasteiger partial charge in [0.25, 0.3) is 5.91 Å². The predicted octanol–water partition coefficient (Wildman–Crippen LogP) is 5.50. The fraction of sp³-hybridized carbons (Fsp3) is 0.0952. The zero-order chi connectivity index (χ0) is 21.1. The van der Waals surface area contributed by atoms with E-state index in [0.717, 1.165) is 15.6 Å². The zero-order valence-corrected chi connectivity index (χ0v) is 18.7. The molecule has 0 unspecified atom stereocenters. The van der Waals surface area contributed by atoms with E-state index in [2.05, 4.69) is 31.4 Å². The minimum absolute atomic E-state index is 0.228. The van der Waals surface area contributed by atoms with E-state index in [1.165, 1.54) is 0 Å². The Hall–Kier alpha value is -2.61. The van der Waals surface area contributed by atoms with Gasteiger partial charge < -0.3 is 5.32 Å². The second-order valence-electron chi connectivity index (χ2n) is 6.64. The summed E-state index contributed by atoms with van der Waals surface area (Å²) in [5.41, 5.74) is 2.41. The van der Waals surface area contributed by atoms with E-state index in [1.54, 1.807) is 46.0 Å². The molecule has 30 heavy (non-hydrogen) atoms. The lowest BCUT2D eigenvalue weighted by molar-refractivity contribution is 0.102. The molecular weight excluding hydrogens is 489 g/mol. The highest BCUT2D eigenvalue weighted by Crippen LogP contribution is 2.22. The summed E-state index contributed by atoms with van der Waals surface area (Å²) in [7, 11) is 0. The third-order valence-corrected chi connectivity index (χ3v) is 5.36. The highest BCUT2D eigenvalue weighted by molar-refractivity contribution is 9.10. The smallest absolute Gasteiger partial charge is 0.256 e. The lowest BCUT2D eigenvalue weighted by atomic mass is 10.1. The largest absolute Gasteiger partial charge is 0.305 e. The van der Waals surface area contributed by atoms with Crippen molar-refractivity contribution in [1.29, 1.82) is 0 Å². The summed E-state index contributed by atoms with van der Waals surface area (Å²) < 4.78 is 4.41. The second-order valence-corrected chi connectivity index (χ2v) is 8.40. The van der Waals surface area contributed by atoms with Crippen molar-refractivity contribution in [1.82, 2.24) is 19.6 Å². The van der Waals surface area contributed by atoms with Crippen LogP contribution < -0.4 is 5.32 Å². The number of hydrogen-bond acceptors (Lipinski definition) is 3. The molecular formula is C21H16BrCl2N5O. The molecule has 0 radical (unpaired) electrons. The molecule has 2 aromatic heterocycles. The number of halogens is 3. The van der Waals surface area contributed by atoms with Gasteiger partial charge in [0.05, 0.1) is 23.8 Å². The van der Waals surface area contributed by atoms with E-state index >= 15 is 0 Å². The number of nitrogens with zero attached hydrogens (tertiary/aromatic N) is 4. The van der Waals surface area contributed by atoms with E-state index in [0.29, 0.717) is 34.5 Å². The standard InChI is InChI=1S/C21H16BrCl2N5O/c22-17-10-25-29(13-17)11-14-2-1-3-15(8-14)21(30)26-20-6-7-28(27-20)12-16-4-5-18(23)9-19(16)24/h1-10,13H,11-12H2,(H,26,27,30). The second kappa shape index (κ2) is 9.04. The first-order valence-corrected chi connectivity index (χ1v) is 10.6. The van der Waals surface area contributed by atoms with Crippen molar-refractivity contribution in [2.75, 3.05) is 5.32 Å². The summed E-state index contributed by atoms with van der Waals surface area (Å²) in [5.74, 6) is 0.236. The molecule has 0 aliphatic heterocycles. The highest BCUT2D eigenvalue weighted by atomic mass is 79.9. The molecule has 0 aliphatic rings. The number of nitrogens with one attached hydrogen (secondary N) is 1. The molecule has 4 rings (SSSR count). The van der Waals surface area contributed by atoms with E-state index in [4.69, 9.17) is 23.2 Å². The summed E-state index contributed by atoms with van der Waals surface area (Å²) in [6.45, 7) is 1.05. The summed E-state index contributed by atoms with van der Waals surface area (Å²) in [5, 5.41) is 12.6. The third-order valence-electron chi connectivity index (χ3n) is 4.37. The van der Waals surface area contributed by atoms with Crippen molar-refractivity contribution in [3.8, 4) is 0 Å². The van der Waals surface area contributed by atoms with Gasteiger partial charge in [-0.1, -0.05) is 41.4 Å². The van der Waals surface area contributed by atoms with Gasteiger partial charge in [-0.25, -0.2) is 0 Å². The number of anilines is 1. The minimum Gasteiger partial charge on any atom is -0.305 e. The van der Waals surface area contributed by atoms with Crippen molar-refractivity contribution in [2.24, 2.45) is 0 Å². The summed E-state index contributed by atoms with van der Waals surface area (Å²) in [6.07, 6.45) is 5.39. The van der Waals surface area contributed by atoms with Crippen LogP contribution in [0.5, 0.6) is 0 Å². The maximum atomic E-state index is 12.7. The van der Waals surface area contributed by atoms with Gasteiger partial charge in [0, 0.05) is 34.1 Å². The molecule has 9 heteroatoms. The third kappa shape index (κ3) is 5.11. The Labute approximate surface area is 191 Å². The molecule has 0 spiro atoms. The van der Waals surface area contributed by atoms with Crippen LogP contribution >= 0.6 is 39.1 Å². The average molecular weight is 505 g/mol. The zero-order valence-electron chi connectivity index (χ0n) is 15.6. The molecule has 2 aromatic carbocycles. The first-order chi connectivity index (χ1) is 14.5. The van der Waals surface area contributed by atoms with E-state index in [1.807, 2.05) is 30.5 Å². The number of carbonyl (C=O) groups excluding carboxylic acids is 1. The molecule has 0 atom stereocenters. The van der Waals surface area contributed by atoms with E-state index in [9.17, 15) is 4.79 Å². The lowest BCUT2D eigenvalue weighted by Crippen LogP contribution is -2.13. The molecule has 0 bridgehead atoms. The Bertz CT molecular complexity index is 1200. The molecule has 0 saturated heterocycles. The van der Waals surface area contributed by atoms with Crippen molar-refractivity contribution < 1.29 is 4.79 Å². The van der Waals surface area contributed by atoms with Crippen molar-refractivity contribution in [3.63, 3.8) is 0 Å². The van der Waals surface area contributed by atoms with Gasteiger partial charge >= 0.3 is 0 Å². The molecule has 2 heterocycles.